The topological polar surface area (TPSA) is 0 Å². The van der Waals surface area contributed by atoms with E-state index in [1.807, 2.05) is 0 Å². The van der Waals surface area contributed by atoms with Crippen LogP contribution >= 0.6 is 0 Å². The van der Waals surface area contributed by atoms with Crippen LogP contribution in [0.1, 0.15) is 11.1 Å². The zero-order valence-corrected chi connectivity index (χ0v) is 23.9. The van der Waals surface area contributed by atoms with E-state index in [1.54, 1.807) is 0 Å². The van der Waals surface area contributed by atoms with Gasteiger partial charge < -0.3 is 37.2 Å². The predicted octanol–water partition coefficient (Wildman–Crippen LogP) is -4.62. The van der Waals surface area contributed by atoms with Crippen LogP contribution in [0.4, 0.5) is 0 Å². The molecular weight excluding hydrogens is 543 g/mol. The summed E-state index contributed by atoms with van der Waals surface area (Å²) in [5, 5.41) is 5.71. The van der Waals surface area contributed by atoms with Crippen LogP contribution in [0, 0.1) is 0 Å². The van der Waals surface area contributed by atoms with E-state index in [-0.39, 0.29) is 58.9 Å². The molecule has 5 aromatic carbocycles. The van der Waals surface area contributed by atoms with Crippen molar-refractivity contribution in [1.29, 1.82) is 0 Å². The van der Waals surface area contributed by atoms with Crippen LogP contribution in [0.25, 0.3) is 0 Å². The van der Waals surface area contributed by atoms with Gasteiger partial charge in [-0.1, -0.05) is 149 Å². The number of hydrogen-bond donors (Lipinski definition) is 0. The first-order valence-corrected chi connectivity index (χ1v) is 12.8. The molecular formula is C30H25Cl3SiTi. The van der Waals surface area contributed by atoms with Crippen molar-refractivity contribution in [3.8, 4) is 0 Å². The summed E-state index contributed by atoms with van der Waals surface area (Å²) in [6.45, 7) is 0. The summed E-state index contributed by atoms with van der Waals surface area (Å²) < 4.78 is 0. The molecule has 0 radical (unpaired) electrons. The van der Waals surface area contributed by atoms with Crippen molar-refractivity contribution in [3.05, 3.63) is 151 Å². The maximum Gasteiger partial charge on any atom is 4.00 e. The van der Waals surface area contributed by atoms with Gasteiger partial charge in [0.15, 0.2) is 0 Å². The summed E-state index contributed by atoms with van der Waals surface area (Å²) in [6, 6.07) is 51.2. The van der Waals surface area contributed by atoms with Crippen LogP contribution in [0.15, 0.2) is 140 Å². The Kier molecular flexibility index (Phi) is 12.9. The molecule has 0 atom stereocenters. The molecule has 0 saturated carbocycles. The van der Waals surface area contributed by atoms with Gasteiger partial charge in [-0.15, -0.1) is 5.19 Å². The zero-order chi connectivity index (χ0) is 20.9. The van der Waals surface area contributed by atoms with Gasteiger partial charge in [0.1, 0.15) is 8.07 Å². The minimum absolute atomic E-state index is 0. The van der Waals surface area contributed by atoms with Gasteiger partial charge in [0.2, 0.25) is 0 Å². The second-order valence-corrected chi connectivity index (χ2v) is 11.8. The molecule has 0 aliphatic rings. The summed E-state index contributed by atoms with van der Waals surface area (Å²) in [4.78, 5) is 0. The van der Waals surface area contributed by atoms with Gasteiger partial charge in [-0.3, -0.25) is 0 Å². The standard InChI is InChI=1S/C30H25Si.3ClH.Ti/c1-5-13-25(14-6-1)23-26-21-22-30(24-26)31(27-15-7-2-8-16-27,28-17-9-3-10-18-28)29-19-11-4-12-20-29;;;;/h1-22,24H,23H2;3*1H;/q-1;;;;+4/p-3. The number of hydrogen-bond acceptors (Lipinski definition) is 0. The summed E-state index contributed by atoms with van der Waals surface area (Å²) in [7, 11) is -2.40. The maximum atomic E-state index is 2.45. The number of rotatable bonds is 6. The van der Waals surface area contributed by atoms with Gasteiger partial charge in [-0.2, -0.15) is 17.7 Å². The van der Waals surface area contributed by atoms with Gasteiger partial charge >= 0.3 is 21.7 Å². The van der Waals surface area contributed by atoms with E-state index in [2.05, 4.69) is 140 Å². The Morgan fingerprint density at radius 2 is 0.829 bits per heavy atom. The van der Waals surface area contributed by atoms with Gasteiger partial charge in [0.05, 0.1) is 0 Å². The first kappa shape index (κ1) is 31.1. The average molecular weight is 568 g/mol. The summed E-state index contributed by atoms with van der Waals surface area (Å²) >= 11 is 0. The second kappa shape index (κ2) is 14.6. The molecule has 0 heterocycles. The van der Waals surface area contributed by atoms with Gasteiger partial charge in [-0.05, 0) is 0 Å². The maximum absolute atomic E-state index is 2.45. The molecule has 0 spiro atoms. The van der Waals surface area contributed by atoms with Crippen molar-refractivity contribution in [3.63, 3.8) is 0 Å². The molecule has 0 nitrogen and oxygen atoms in total. The van der Waals surface area contributed by atoms with Crippen molar-refractivity contribution in [2.75, 3.05) is 0 Å². The van der Waals surface area contributed by atoms with E-state index in [9.17, 15) is 0 Å². The summed E-state index contributed by atoms with van der Waals surface area (Å²) in [5.41, 5.74) is 2.73. The quantitative estimate of drug-likeness (QED) is 0.110. The Morgan fingerprint density at radius 3 is 1.23 bits per heavy atom. The fraction of sp³-hybridized carbons (Fsp3) is 0.0333. The molecule has 35 heavy (non-hydrogen) atoms. The Bertz CT molecular complexity index is 1150. The van der Waals surface area contributed by atoms with Crippen molar-refractivity contribution in [1.82, 2.24) is 0 Å². The Hall–Kier alpha value is -1.97. The first-order chi connectivity index (χ1) is 15.4. The Morgan fingerprint density at radius 1 is 0.457 bits per heavy atom. The molecule has 0 fully saturated rings. The molecule has 0 amide bonds. The molecule has 5 rings (SSSR count). The zero-order valence-electron chi connectivity index (χ0n) is 19.1. The minimum Gasteiger partial charge on any atom is -1.00 e. The third-order valence-corrected chi connectivity index (χ3v) is 10.9. The molecule has 0 saturated heterocycles. The number of benzene rings is 4. The second-order valence-electron chi connectivity index (χ2n) is 8.02. The van der Waals surface area contributed by atoms with Crippen LogP contribution in [0.3, 0.4) is 0 Å². The monoisotopic (exact) mass is 566 g/mol. The Balaban J connectivity index is 0.00000153. The van der Waals surface area contributed by atoms with E-state index < -0.39 is 8.07 Å². The third-order valence-electron chi connectivity index (χ3n) is 6.12. The van der Waals surface area contributed by atoms with Crippen LogP contribution in [-0.4, -0.2) is 8.07 Å². The van der Waals surface area contributed by atoms with E-state index >= 15 is 0 Å². The molecule has 0 aliphatic carbocycles. The fourth-order valence-electron chi connectivity index (χ4n) is 4.73. The predicted molar refractivity (Wildman–Crippen MR) is 135 cm³/mol. The average Bonchev–Trinajstić information content (AvgIpc) is 3.31. The van der Waals surface area contributed by atoms with E-state index in [4.69, 9.17) is 0 Å². The van der Waals surface area contributed by atoms with Crippen molar-refractivity contribution >= 4 is 28.8 Å². The van der Waals surface area contributed by atoms with Gasteiger partial charge in [0, 0.05) is 0 Å². The van der Waals surface area contributed by atoms with Gasteiger partial charge in [-0.25, -0.2) is 6.07 Å². The largest absolute Gasteiger partial charge is 4.00 e. The SMILES string of the molecule is [Cl-].[Cl-].[Cl-].[Ti+4].c1ccc(Cc2cc[c-]([Si](c3ccccc3)(c3ccccc3)c3ccccc3)c2)cc1. The third kappa shape index (κ3) is 6.43. The van der Waals surface area contributed by atoms with Gasteiger partial charge in [0.25, 0.3) is 0 Å². The normalized spacial score (nSPS) is 10.1. The molecule has 0 aliphatic heterocycles. The van der Waals surface area contributed by atoms with Crippen LogP contribution in [-0.2, 0) is 28.1 Å². The van der Waals surface area contributed by atoms with E-state index in [0.717, 1.165) is 6.42 Å². The number of halogens is 3. The fourth-order valence-corrected chi connectivity index (χ4v) is 9.54. The molecule has 0 aromatic heterocycles. The first-order valence-electron chi connectivity index (χ1n) is 10.8. The molecule has 174 valence electrons. The van der Waals surface area contributed by atoms with Crippen molar-refractivity contribution < 1.29 is 58.9 Å². The molecule has 5 heteroatoms. The minimum atomic E-state index is -2.40. The van der Waals surface area contributed by atoms with Crippen LogP contribution < -0.4 is 58.0 Å². The van der Waals surface area contributed by atoms with Crippen LogP contribution in [0.2, 0.25) is 0 Å². The van der Waals surface area contributed by atoms with E-state index in [1.165, 1.54) is 31.9 Å². The molecule has 0 bridgehead atoms. The molecule has 0 unspecified atom stereocenters. The summed E-state index contributed by atoms with van der Waals surface area (Å²) in [5.74, 6) is 0. The molecule has 5 aromatic rings. The van der Waals surface area contributed by atoms with Crippen LogP contribution in [0.5, 0.6) is 0 Å². The summed E-state index contributed by atoms with van der Waals surface area (Å²) in [6.07, 6.45) is 0.962. The van der Waals surface area contributed by atoms with Crippen molar-refractivity contribution in [2.24, 2.45) is 0 Å². The Labute approximate surface area is 243 Å². The molecule has 0 N–H and O–H groups in total. The smallest absolute Gasteiger partial charge is 1.00 e. The van der Waals surface area contributed by atoms with Crippen molar-refractivity contribution in [2.45, 2.75) is 6.42 Å². The van der Waals surface area contributed by atoms with E-state index in [0.29, 0.717) is 0 Å².